The zero-order chi connectivity index (χ0) is 8.85. The topological polar surface area (TPSA) is 6.48 Å². The van der Waals surface area contributed by atoms with Crippen molar-refractivity contribution in [2.24, 2.45) is 0 Å². The van der Waals surface area contributed by atoms with Crippen LogP contribution in [0, 0.1) is 0 Å². The van der Waals surface area contributed by atoms with Crippen LogP contribution >= 0.6 is 0 Å². The van der Waals surface area contributed by atoms with Crippen molar-refractivity contribution in [3.63, 3.8) is 0 Å². The Labute approximate surface area is 71.2 Å². The van der Waals surface area contributed by atoms with E-state index in [-0.39, 0.29) is 0 Å². The summed E-state index contributed by atoms with van der Waals surface area (Å²) in [6, 6.07) is 0.801. The fourth-order valence-corrected chi connectivity index (χ4v) is 1.49. The summed E-state index contributed by atoms with van der Waals surface area (Å²) in [5.74, 6) is 0. The predicted octanol–water partition coefficient (Wildman–Crippen LogP) is 1.63. The second kappa shape index (κ2) is 5.56. The molecule has 0 aromatic carbocycles. The summed E-state index contributed by atoms with van der Waals surface area (Å²) < 4.78 is 0. The summed E-state index contributed by atoms with van der Waals surface area (Å²) in [5, 5.41) is 0. The van der Waals surface area contributed by atoms with Crippen LogP contribution in [-0.2, 0) is 0 Å². The monoisotopic (exact) mass is 158 g/mol. The standard InChI is InChI=1S/C7H16N2.C2H6/c1-4-7-5-8(2)6-9(7)3;1-2/h7H,4-6H2,1-3H3;1-2H3. The Kier molecular flexibility index (Phi) is 5.51. The van der Waals surface area contributed by atoms with Gasteiger partial charge >= 0.3 is 0 Å². The number of hydrogen-bond acceptors (Lipinski definition) is 2. The van der Waals surface area contributed by atoms with E-state index in [1.54, 1.807) is 0 Å². The average molecular weight is 158 g/mol. The lowest BCUT2D eigenvalue weighted by molar-refractivity contribution is 0.282. The van der Waals surface area contributed by atoms with Crippen molar-refractivity contribution in [2.75, 3.05) is 27.3 Å². The Morgan fingerprint density at radius 2 is 1.82 bits per heavy atom. The molecule has 0 aromatic heterocycles. The third-order valence-electron chi connectivity index (χ3n) is 2.08. The molecule has 0 bridgehead atoms. The highest BCUT2D eigenvalue weighted by Gasteiger charge is 2.22. The molecule has 0 N–H and O–H groups in total. The normalized spacial score (nSPS) is 26.5. The molecule has 2 heteroatoms. The van der Waals surface area contributed by atoms with E-state index in [1.807, 2.05) is 13.8 Å². The molecule has 2 nitrogen and oxygen atoms in total. The molecule has 0 spiro atoms. The first kappa shape index (κ1) is 10.9. The molecule has 1 aliphatic heterocycles. The van der Waals surface area contributed by atoms with Gasteiger partial charge in [0.05, 0.1) is 6.67 Å². The Hall–Kier alpha value is -0.0800. The van der Waals surface area contributed by atoms with Gasteiger partial charge in [0.2, 0.25) is 0 Å². The predicted molar refractivity (Wildman–Crippen MR) is 50.7 cm³/mol. The van der Waals surface area contributed by atoms with Gasteiger partial charge in [0.15, 0.2) is 0 Å². The number of likely N-dealkylation sites (N-methyl/N-ethyl adjacent to an activating group) is 2. The van der Waals surface area contributed by atoms with Crippen LogP contribution in [0.1, 0.15) is 27.2 Å². The molecule has 1 saturated heterocycles. The zero-order valence-corrected chi connectivity index (χ0v) is 8.59. The minimum atomic E-state index is 0.801. The Balaban J connectivity index is 0.000000461. The molecule has 1 fully saturated rings. The third kappa shape index (κ3) is 3.21. The zero-order valence-electron chi connectivity index (χ0n) is 8.59. The molecule has 68 valence electrons. The van der Waals surface area contributed by atoms with Crippen molar-refractivity contribution in [3.05, 3.63) is 0 Å². The van der Waals surface area contributed by atoms with Crippen molar-refractivity contribution >= 4 is 0 Å². The van der Waals surface area contributed by atoms with Crippen LogP contribution in [0.5, 0.6) is 0 Å². The van der Waals surface area contributed by atoms with E-state index in [0.29, 0.717) is 0 Å². The van der Waals surface area contributed by atoms with E-state index in [2.05, 4.69) is 30.8 Å². The molecule has 1 aliphatic rings. The molecular weight excluding hydrogens is 136 g/mol. The number of rotatable bonds is 1. The van der Waals surface area contributed by atoms with Gasteiger partial charge in [-0.15, -0.1) is 0 Å². The van der Waals surface area contributed by atoms with Crippen molar-refractivity contribution in [3.8, 4) is 0 Å². The summed E-state index contributed by atoms with van der Waals surface area (Å²) in [6.07, 6.45) is 1.28. The van der Waals surface area contributed by atoms with Crippen molar-refractivity contribution in [1.29, 1.82) is 0 Å². The molecule has 1 unspecified atom stereocenters. The SMILES string of the molecule is CC.CCC1CN(C)CN1C. The lowest BCUT2D eigenvalue weighted by Gasteiger charge is -2.14. The van der Waals surface area contributed by atoms with E-state index >= 15 is 0 Å². The maximum Gasteiger partial charge on any atom is 0.0504 e. The first-order valence-corrected chi connectivity index (χ1v) is 4.62. The molecule has 1 rings (SSSR count). The summed E-state index contributed by atoms with van der Waals surface area (Å²) >= 11 is 0. The van der Waals surface area contributed by atoms with E-state index in [0.717, 1.165) is 12.7 Å². The van der Waals surface area contributed by atoms with Gasteiger partial charge in [0.1, 0.15) is 0 Å². The van der Waals surface area contributed by atoms with Crippen LogP contribution < -0.4 is 0 Å². The molecular formula is C9H22N2. The van der Waals surface area contributed by atoms with E-state index in [4.69, 9.17) is 0 Å². The minimum Gasteiger partial charge on any atom is -0.292 e. The van der Waals surface area contributed by atoms with Crippen LogP contribution in [0.3, 0.4) is 0 Å². The molecule has 0 amide bonds. The van der Waals surface area contributed by atoms with Crippen LogP contribution in [0.4, 0.5) is 0 Å². The van der Waals surface area contributed by atoms with Crippen molar-refractivity contribution in [1.82, 2.24) is 9.80 Å². The van der Waals surface area contributed by atoms with Gasteiger partial charge in [-0.2, -0.15) is 0 Å². The average Bonchev–Trinajstić information content (AvgIpc) is 2.33. The van der Waals surface area contributed by atoms with Crippen LogP contribution in [0.2, 0.25) is 0 Å². The number of nitrogens with zero attached hydrogens (tertiary/aromatic N) is 2. The maximum atomic E-state index is 2.40. The van der Waals surface area contributed by atoms with Gasteiger partial charge in [-0.3, -0.25) is 9.80 Å². The van der Waals surface area contributed by atoms with E-state index < -0.39 is 0 Å². The van der Waals surface area contributed by atoms with Crippen LogP contribution in [-0.4, -0.2) is 43.2 Å². The van der Waals surface area contributed by atoms with Gasteiger partial charge in [-0.05, 0) is 20.5 Å². The maximum absolute atomic E-state index is 2.40. The first-order valence-electron chi connectivity index (χ1n) is 4.62. The Morgan fingerprint density at radius 3 is 2.00 bits per heavy atom. The molecule has 0 aromatic rings. The molecule has 0 radical (unpaired) electrons. The molecule has 1 atom stereocenters. The first-order chi connectivity index (χ1) is 5.24. The second-order valence-corrected chi connectivity index (χ2v) is 3.00. The quantitative estimate of drug-likeness (QED) is 0.572. The minimum absolute atomic E-state index is 0.801. The van der Waals surface area contributed by atoms with Crippen LogP contribution in [0.25, 0.3) is 0 Å². The molecule has 0 saturated carbocycles. The van der Waals surface area contributed by atoms with Crippen LogP contribution in [0.15, 0.2) is 0 Å². The third-order valence-corrected chi connectivity index (χ3v) is 2.08. The fraction of sp³-hybridized carbons (Fsp3) is 1.00. The molecule has 0 aliphatic carbocycles. The lowest BCUT2D eigenvalue weighted by atomic mass is 10.2. The van der Waals surface area contributed by atoms with E-state index in [1.165, 1.54) is 13.0 Å². The van der Waals surface area contributed by atoms with Gasteiger partial charge in [0.25, 0.3) is 0 Å². The summed E-state index contributed by atoms with van der Waals surface area (Å²) in [7, 11) is 4.36. The van der Waals surface area contributed by atoms with Crippen molar-refractivity contribution in [2.45, 2.75) is 33.2 Å². The summed E-state index contributed by atoms with van der Waals surface area (Å²) in [4.78, 5) is 4.76. The highest BCUT2D eigenvalue weighted by molar-refractivity contribution is 4.76. The Morgan fingerprint density at radius 1 is 1.27 bits per heavy atom. The fourth-order valence-electron chi connectivity index (χ4n) is 1.49. The largest absolute Gasteiger partial charge is 0.292 e. The van der Waals surface area contributed by atoms with Gasteiger partial charge in [0, 0.05) is 12.6 Å². The molecule has 11 heavy (non-hydrogen) atoms. The Bertz CT molecular complexity index is 93.6. The van der Waals surface area contributed by atoms with E-state index in [9.17, 15) is 0 Å². The van der Waals surface area contributed by atoms with Gasteiger partial charge in [-0.1, -0.05) is 20.8 Å². The summed E-state index contributed by atoms with van der Waals surface area (Å²) in [6.45, 7) is 8.63. The number of hydrogen-bond donors (Lipinski definition) is 0. The highest BCUT2D eigenvalue weighted by atomic mass is 15.4. The molecule has 1 heterocycles. The summed E-state index contributed by atoms with van der Waals surface area (Å²) in [5.41, 5.74) is 0. The lowest BCUT2D eigenvalue weighted by Crippen LogP contribution is -2.25. The van der Waals surface area contributed by atoms with Crippen molar-refractivity contribution < 1.29 is 0 Å². The highest BCUT2D eigenvalue weighted by Crippen LogP contribution is 2.10. The smallest absolute Gasteiger partial charge is 0.0504 e. The van der Waals surface area contributed by atoms with Gasteiger partial charge < -0.3 is 0 Å². The van der Waals surface area contributed by atoms with Gasteiger partial charge in [-0.25, -0.2) is 0 Å². The second-order valence-electron chi connectivity index (χ2n) is 3.00.